The Labute approximate surface area is 343 Å². The summed E-state index contributed by atoms with van der Waals surface area (Å²) >= 11 is 0. The summed E-state index contributed by atoms with van der Waals surface area (Å²) < 4.78 is 6.96. The standard InChI is InChI=1S/C55H37N3O/c1-54(2)45-26-15-22-40(53-57-51(36-18-7-4-8-19-36)56-52(58-53)37-30-28-35(29-31-37)34-16-5-3-6-17-34)50(45)41-32-47-49(33-46(41)54)59-48-27-14-13-25-44(48)55(47)42-23-11-9-20-38(42)39-21-10-12-24-43(39)55/h3-33H,1-2H3. The summed E-state index contributed by atoms with van der Waals surface area (Å²) in [5.74, 6) is 3.71. The second kappa shape index (κ2) is 12.5. The average Bonchev–Trinajstić information content (AvgIpc) is 3.71. The molecule has 4 heteroatoms. The van der Waals surface area contributed by atoms with Gasteiger partial charge in [-0.1, -0.05) is 184 Å². The van der Waals surface area contributed by atoms with Gasteiger partial charge in [-0.2, -0.15) is 0 Å². The number of hydrogen-bond acceptors (Lipinski definition) is 4. The smallest absolute Gasteiger partial charge is 0.164 e. The molecule has 0 fully saturated rings. The second-order valence-electron chi connectivity index (χ2n) is 16.3. The molecular formula is C55H37N3O. The van der Waals surface area contributed by atoms with Crippen molar-refractivity contribution in [3.8, 4) is 79.0 Å². The number of hydrogen-bond donors (Lipinski definition) is 0. The number of aromatic nitrogens is 3. The van der Waals surface area contributed by atoms with Crippen molar-refractivity contribution in [3.63, 3.8) is 0 Å². The van der Waals surface area contributed by atoms with E-state index in [1.807, 2.05) is 24.3 Å². The molecule has 9 aromatic rings. The highest BCUT2D eigenvalue weighted by Gasteiger charge is 2.52. The predicted molar refractivity (Wildman–Crippen MR) is 237 cm³/mol. The maximum Gasteiger partial charge on any atom is 0.164 e. The summed E-state index contributed by atoms with van der Waals surface area (Å²) in [4.78, 5) is 15.7. The molecule has 12 rings (SSSR count). The van der Waals surface area contributed by atoms with E-state index in [1.165, 1.54) is 44.5 Å². The maximum absolute atomic E-state index is 6.96. The van der Waals surface area contributed by atoms with Gasteiger partial charge >= 0.3 is 0 Å². The lowest BCUT2D eigenvalue weighted by atomic mass is 9.65. The van der Waals surface area contributed by atoms with E-state index < -0.39 is 5.41 Å². The third-order valence-corrected chi connectivity index (χ3v) is 12.8. The Bertz CT molecular complexity index is 3110. The highest BCUT2D eigenvalue weighted by atomic mass is 16.5. The SMILES string of the molecule is CC1(C)c2cc3c(cc2-c2c(-c4nc(-c5ccccc5)nc(-c5ccc(-c6ccccc6)cc5)n4)cccc21)C1(c2ccccc2O3)c2ccccc2-c2ccccc21. The molecule has 1 aromatic heterocycles. The Morgan fingerprint density at radius 2 is 0.831 bits per heavy atom. The molecule has 4 nitrogen and oxygen atoms in total. The molecule has 2 aliphatic carbocycles. The molecule has 0 N–H and O–H groups in total. The molecule has 3 aliphatic rings. The second-order valence-corrected chi connectivity index (χ2v) is 16.3. The summed E-state index contributed by atoms with van der Waals surface area (Å²) in [6.07, 6.45) is 0. The minimum atomic E-state index is -0.568. The molecule has 0 radical (unpaired) electrons. The molecule has 59 heavy (non-hydrogen) atoms. The molecule has 1 aliphatic heterocycles. The Morgan fingerprint density at radius 3 is 1.51 bits per heavy atom. The zero-order chi connectivity index (χ0) is 39.3. The van der Waals surface area contributed by atoms with Gasteiger partial charge in [0.1, 0.15) is 11.5 Å². The van der Waals surface area contributed by atoms with E-state index in [1.54, 1.807) is 0 Å². The topological polar surface area (TPSA) is 47.9 Å². The molecule has 0 unspecified atom stereocenters. The predicted octanol–water partition coefficient (Wildman–Crippen LogP) is 13.3. The van der Waals surface area contributed by atoms with Gasteiger partial charge in [0, 0.05) is 33.2 Å². The quantitative estimate of drug-likeness (QED) is 0.179. The number of para-hydroxylation sites is 1. The third-order valence-electron chi connectivity index (χ3n) is 12.8. The molecule has 2 heterocycles. The lowest BCUT2D eigenvalue weighted by Gasteiger charge is -2.40. The zero-order valence-corrected chi connectivity index (χ0v) is 32.6. The number of fused-ring (bicyclic) bond motifs is 12. The lowest BCUT2D eigenvalue weighted by Crippen LogP contribution is -2.32. The van der Waals surface area contributed by atoms with E-state index in [0.29, 0.717) is 17.5 Å². The van der Waals surface area contributed by atoms with Crippen LogP contribution in [0, 0.1) is 0 Å². The molecule has 0 saturated carbocycles. The van der Waals surface area contributed by atoms with Gasteiger partial charge in [0.2, 0.25) is 0 Å². The fourth-order valence-corrected chi connectivity index (χ4v) is 10.1. The van der Waals surface area contributed by atoms with Crippen molar-refractivity contribution in [2.24, 2.45) is 0 Å². The van der Waals surface area contributed by atoms with Gasteiger partial charge in [-0.05, 0) is 73.8 Å². The third kappa shape index (κ3) is 4.80. The van der Waals surface area contributed by atoms with Crippen molar-refractivity contribution < 1.29 is 4.74 Å². The van der Waals surface area contributed by atoms with Crippen molar-refractivity contribution in [1.29, 1.82) is 0 Å². The van der Waals surface area contributed by atoms with Crippen LogP contribution in [0.2, 0.25) is 0 Å². The van der Waals surface area contributed by atoms with Gasteiger partial charge in [0.15, 0.2) is 17.5 Å². The fourth-order valence-electron chi connectivity index (χ4n) is 10.1. The van der Waals surface area contributed by atoms with Crippen LogP contribution in [0.3, 0.4) is 0 Å². The number of nitrogens with zero attached hydrogens (tertiary/aromatic N) is 3. The zero-order valence-electron chi connectivity index (χ0n) is 32.6. The molecule has 0 bridgehead atoms. The highest BCUT2D eigenvalue weighted by molar-refractivity contribution is 5.95. The summed E-state index contributed by atoms with van der Waals surface area (Å²) in [5.41, 5.74) is 16.4. The summed E-state index contributed by atoms with van der Waals surface area (Å²) in [5, 5.41) is 0. The van der Waals surface area contributed by atoms with Gasteiger partial charge < -0.3 is 4.74 Å². The first kappa shape index (κ1) is 33.7. The van der Waals surface area contributed by atoms with Crippen LogP contribution in [0.25, 0.3) is 67.5 Å². The Morgan fingerprint density at radius 1 is 0.339 bits per heavy atom. The van der Waals surface area contributed by atoms with Crippen LogP contribution in [0.4, 0.5) is 0 Å². The van der Waals surface area contributed by atoms with E-state index in [9.17, 15) is 0 Å². The normalized spacial score (nSPS) is 14.3. The van der Waals surface area contributed by atoms with Gasteiger partial charge in [-0.15, -0.1) is 0 Å². The number of ether oxygens (including phenoxy) is 1. The van der Waals surface area contributed by atoms with E-state index >= 15 is 0 Å². The van der Waals surface area contributed by atoms with Crippen molar-refractivity contribution in [2.75, 3.05) is 0 Å². The average molecular weight is 756 g/mol. The van der Waals surface area contributed by atoms with Crippen molar-refractivity contribution in [3.05, 3.63) is 221 Å². The monoisotopic (exact) mass is 755 g/mol. The Balaban J connectivity index is 1.10. The number of benzene rings is 8. The Kier molecular flexibility index (Phi) is 7.16. The molecule has 0 amide bonds. The lowest BCUT2D eigenvalue weighted by molar-refractivity contribution is 0.435. The minimum Gasteiger partial charge on any atom is -0.457 e. The fraction of sp³-hybridized carbons (Fsp3) is 0.0727. The maximum atomic E-state index is 6.96. The molecule has 1 spiro atoms. The number of rotatable bonds is 4. The first-order valence-corrected chi connectivity index (χ1v) is 20.3. The molecular weight excluding hydrogens is 719 g/mol. The van der Waals surface area contributed by atoms with Crippen molar-refractivity contribution in [2.45, 2.75) is 24.7 Å². The van der Waals surface area contributed by atoms with Crippen LogP contribution >= 0.6 is 0 Å². The molecule has 0 atom stereocenters. The van der Waals surface area contributed by atoms with Crippen molar-refractivity contribution in [1.82, 2.24) is 15.0 Å². The van der Waals surface area contributed by atoms with Crippen LogP contribution < -0.4 is 4.74 Å². The highest BCUT2D eigenvalue weighted by Crippen LogP contribution is 2.64. The van der Waals surface area contributed by atoms with Crippen LogP contribution in [-0.4, -0.2) is 15.0 Å². The van der Waals surface area contributed by atoms with Gasteiger partial charge in [-0.3, -0.25) is 0 Å². The van der Waals surface area contributed by atoms with Crippen LogP contribution in [0.1, 0.15) is 47.2 Å². The Hall–Kier alpha value is -7.43. The molecule has 278 valence electrons. The summed E-state index contributed by atoms with van der Waals surface area (Å²) in [6, 6.07) is 66.9. The van der Waals surface area contributed by atoms with Crippen LogP contribution in [0.5, 0.6) is 11.5 Å². The van der Waals surface area contributed by atoms with E-state index in [4.69, 9.17) is 19.7 Å². The summed E-state index contributed by atoms with van der Waals surface area (Å²) in [6.45, 7) is 4.64. The molecule has 0 saturated heterocycles. The van der Waals surface area contributed by atoms with Gasteiger partial charge in [0.05, 0.1) is 5.41 Å². The van der Waals surface area contributed by atoms with Gasteiger partial charge in [0.25, 0.3) is 0 Å². The first-order valence-electron chi connectivity index (χ1n) is 20.3. The minimum absolute atomic E-state index is 0.319. The van der Waals surface area contributed by atoms with E-state index in [-0.39, 0.29) is 5.41 Å². The van der Waals surface area contributed by atoms with Crippen molar-refractivity contribution >= 4 is 0 Å². The summed E-state index contributed by atoms with van der Waals surface area (Å²) in [7, 11) is 0. The molecule has 8 aromatic carbocycles. The van der Waals surface area contributed by atoms with E-state index in [0.717, 1.165) is 50.4 Å². The van der Waals surface area contributed by atoms with Crippen LogP contribution in [-0.2, 0) is 10.8 Å². The van der Waals surface area contributed by atoms with E-state index in [2.05, 4.69) is 178 Å². The largest absolute Gasteiger partial charge is 0.457 e. The van der Waals surface area contributed by atoms with Crippen LogP contribution in [0.15, 0.2) is 188 Å². The van der Waals surface area contributed by atoms with Gasteiger partial charge in [-0.25, -0.2) is 15.0 Å². The first-order chi connectivity index (χ1) is 29.0.